The number of carbonyl (C=O) groups is 2. The van der Waals surface area contributed by atoms with Crippen molar-refractivity contribution in [2.45, 2.75) is 51.0 Å². The Hall–Kier alpha value is -1.22. The van der Waals surface area contributed by atoms with E-state index in [0.29, 0.717) is 0 Å². The molecule has 1 saturated heterocycles. The number of ether oxygens (including phenoxy) is 4. The third-order valence-corrected chi connectivity index (χ3v) is 2.75. The number of methoxy groups -OCH3 is 1. The van der Waals surface area contributed by atoms with Gasteiger partial charge < -0.3 is 29.2 Å². The van der Waals surface area contributed by atoms with Crippen LogP contribution in [0.5, 0.6) is 0 Å². The molecular weight excluding hydrogens is 272 g/mol. The van der Waals surface area contributed by atoms with E-state index in [1.807, 2.05) is 0 Å². The third-order valence-electron chi connectivity index (χ3n) is 2.75. The molecule has 0 spiro atoms. The van der Waals surface area contributed by atoms with Crippen molar-refractivity contribution in [3.8, 4) is 0 Å². The number of aliphatic hydroxyl groups is 2. The van der Waals surface area contributed by atoms with Gasteiger partial charge in [-0.15, -0.1) is 0 Å². The third kappa shape index (κ3) is 3.89. The molecule has 1 fully saturated rings. The van der Waals surface area contributed by atoms with Crippen LogP contribution in [0.3, 0.4) is 0 Å². The summed E-state index contributed by atoms with van der Waals surface area (Å²) in [6.45, 7) is 3.70. The van der Waals surface area contributed by atoms with Crippen LogP contribution in [-0.4, -0.2) is 66.1 Å². The highest BCUT2D eigenvalue weighted by molar-refractivity contribution is 5.79. The van der Waals surface area contributed by atoms with E-state index in [0.717, 1.165) is 14.0 Å². The molecule has 0 saturated carbocycles. The van der Waals surface area contributed by atoms with Crippen LogP contribution in [0.4, 0.5) is 0 Å². The number of rotatable bonds is 5. The summed E-state index contributed by atoms with van der Waals surface area (Å²) in [6.07, 6.45) is -4.78. The summed E-state index contributed by atoms with van der Waals surface area (Å²) in [5.74, 6) is -2.63. The van der Waals surface area contributed by atoms with E-state index < -0.39 is 48.7 Å². The zero-order valence-corrected chi connectivity index (χ0v) is 11.9. The van der Waals surface area contributed by atoms with Crippen LogP contribution in [0, 0.1) is 0 Å². The van der Waals surface area contributed by atoms with Crippen molar-refractivity contribution < 1.29 is 38.7 Å². The van der Waals surface area contributed by atoms with Crippen LogP contribution < -0.4 is 0 Å². The SMILES string of the molecule is COC(=O)[C@H](OC(C)=O)[C@H]1OC(C)(C)O[C@@H]1[C@H](O)CO. The second kappa shape index (κ2) is 6.49. The van der Waals surface area contributed by atoms with Crippen LogP contribution in [0.15, 0.2) is 0 Å². The highest BCUT2D eigenvalue weighted by atomic mass is 16.8. The molecule has 0 aromatic heterocycles. The molecule has 0 aliphatic carbocycles. The maximum atomic E-state index is 11.7. The minimum atomic E-state index is -1.38. The van der Waals surface area contributed by atoms with Gasteiger partial charge in [-0.25, -0.2) is 4.79 Å². The number of aliphatic hydroxyl groups excluding tert-OH is 2. The summed E-state index contributed by atoms with van der Waals surface area (Å²) >= 11 is 0. The second-order valence-corrected chi connectivity index (χ2v) is 4.87. The molecule has 0 amide bonds. The first-order valence-electron chi connectivity index (χ1n) is 6.11. The summed E-state index contributed by atoms with van der Waals surface area (Å²) < 4.78 is 20.4. The van der Waals surface area contributed by atoms with Crippen LogP contribution in [-0.2, 0) is 28.5 Å². The topological polar surface area (TPSA) is 112 Å². The van der Waals surface area contributed by atoms with Crippen molar-refractivity contribution >= 4 is 11.9 Å². The van der Waals surface area contributed by atoms with Crippen molar-refractivity contribution in [3.63, 3.8) is 0 Å². The number of carbonyl (C=O) groups excluding carboxylic acids is 2. The quantitative estimate of drug-likeness (QED) is 0.618. The monoisotopic (exact) mass is 292 g/mol. The molecule has 1 aliphatic rings. The Kier molecular flexibility index (Phi) is 5.46. The molecule has 20 heavy (non-hydrogen) atoms. The smallest absolute Gasteiger partial charge is 0.350 e. The molecule has 8 nitrogen and oxygen atoms in total. The number of hydrogen-bond acceptors (Lipinski definition) is 8. The molecule has 1 rings (SSSR count). The average molecular weight is 292 g/mol. The molecule has 1 aliphatic heterocycles. The summed E-state index contributed by atoms with van der Waals surface area (Å²) in [5.41, 5.74) is 0. The Morgan fingerprint density at radius 3 is 2.30 bits per heavy atom. The fraction of sp³-hybridized carbons (Fsp3) is 0.833. The Labute approximate surface area is 116 Å². The average Bonchev–Trinajstić information content (AvgIpc) is 2.69. The zero-order chi connectivity index (χ0) is 15.5. The zero-order valence-electron chi connectivity index (χ0n) is 11.9. The van der Waals surface area contributed by atoms with Gasteiger partial charge in [0.25, 0.3) is 0 Å². The van der Waals surface area contributed by atoms with E-state index in [-0.39, 0.29) is 0 Å². The maximum Gasteiger partial charge on any atom is 0.350 e. The van der Waals surface area contributed by atoms with Gasteiger partial charge in [-0.3, -0.25) is 4.79 Å². The van der Waals surface area contributed by atoms with E-state index in [1.165, 1.54) is 0 Å². The van der Waals surface area contributed by atoms with Crippen LogP contribution in [0.1, 0.15) is 20.8 Å². The largest absolute Gasteiger partial charge is 0.466 e. The lowest BCUT2D eigenvalue weighted by Crippen LogP contribution is -2.49. The minimum Gasteiger partial charge on any atom is -0.466 e. The van der Waals surface area contributed by atoms with Crippen LogP contribution >= 0.6 is 0 Å². The molecule has 0 unspecified atom stereocenters. The predicted molar refractivity (Wildman–Crippen MR) is 64.5 cm³/mol. The van der Waals surface area contributed by atoms with Gasteiger partial charge in [0.2, 0.25) is 6.10 Å². The molecule has 4 atom stereocenters. The van der Waals surface area contributed by atoms with Gasteiger partial charge in [0.1, 0.15) is 18.3 Å². The number of esters is 2. The molecule has 0 aromatic rings. The van der Waals surface area contributed by atoms with E-state index in [9.17, 15) is 14.7 Å². The van der Waals surface area contributed by atoms with Gasteiger partial charge in [-0.1, -0.05) is 0 Å². The van der Waals surface area contributed by atoms with Gasteiger partial charge in [-0.05, 0) is 13.8 Å². The van der Waals surface area contributed by atoms with Crippen LogP contribution in [0.25, 0.3) is 0 Å². The summed E-state index contributed by atoms with van der Waals surface area (Å²) in [6, 6.07) is 0. The fourth-order valence-corrected chi connectivity index (χ4v) is 2.00. The van der Waals surface area contributed by atoms with Crippen molar-refractivity contribution in [1.29, 1.82) is 0 Å². The Morgan fingerprint density at radius 2 is 1.85 bits per heavy atom. The highest BCUT2D eigenvalue weighted by Gasteiger charge is 2.51. The van der Waals surface area contributed by atoms with E-state index in [1.54, 1.807) is 13.8 Å². The molecule has 0 aromatic carbocycles. The summed E-state index contributed by atoms with van der Waals surface area (Å²) in [7, 11) is 1.14. The lowest BCUT2D eigenvalue weighted by atomic mass is 10.0. The molecular formula is C12H20O8. The second-order valence-electron chi connectivity index (χ2n) is 4.87. The molecule has 0 radical (unpaired) electrons. The molecule has 8 heteroatoms. The van der Waals surface area contributed by atoms with Gasteiger partial charge in [0.15, 0.2) is 5.79 Å². The van der Waals surface area contributed by atoms with Crippen molar-refractivity contribution in [1.82, 2.24) is 0 Å². The first kappa shape index (κ1) is 16.8. The Balaban J connectivity index is 3.01. The lowest BCUT2D eigenvalue weighted by molar-refractivity contribution is -0.183. The van der Waals surface area contributed by atoms with Gasteiger partial charge in [-0.2, -0.15) is 0 Å². The van der Waals surface area contributed by atoms with Crippen molar-refractivity contribution in [2.75, 3.05) is 13.7 Å². The predicted octanol–water partition coefficient (Wildman–Crippen LogP) is -1.04. The van der Waals surface area contributed by atoms with E-state index >= 15 is 0 Å². The van der Waals surface area contributed by atoms with E-state index in [4.69, 9.17) is 19.3 Å². The van der Waals surface area contributed by atoms with Gasteiger partial charge in [0.05, 0.1) is 13.7 Å². The fourth-order valence-electron chi connectivity index (χ4n) is 2.00. The van der Waals surface area contributed by atoms with Crippen molar-refractivity contribution in [3.05, 3.63) is 0 Å². The first-order valence-corrected chi connectivity index (χ1v) is 6.11. The summed E-state index contributed by atoms with van der Waals surface area (Å²) in [5, 5.41) is 18.8. The maximum absolute atomic E-state index is 11.7. The summed E-state index contributed by atoms with van der Waals surface area (Å²) in [4.78, 5) is 22.8. The molecule has 0 bridgehead atoms. The molecule has 116 valence electrons. The van der Waals surface area contributed by atoms with E-state index in [2.05, 4.69) is 4.74 Å². The van der Waals surface area contributed by atoms with Crippen LogP contribution in [0.2, 0.25) is 0 Å². The van der Waals surface area contributed by atoms with Gasteiger partial charge >= 0.3 is 11.9 Å². The van der Waals surface area contributed by atoms with Gasteiger partial charge in [0, 0.05) is 6.92 Å². The first-order chi connectivity index (χ1) is 9.21. The lowest BCUT2D eigenvalue weighted by Gasteiger charge is -2.25. The Bertz CT molecular complexity index is 366. The van der Waals surface area contributed by atoms with Crippen molar-refractivity contribution in [2.24, 2.45) is 0 Å². The normalized spacial score (nSPS) is 27.7. The standard InChI is InChI=1S/C12H20O8/c1-6(14)18-10(11(16)17-4)9-8(7(15)5-13)19-12(2,3)20-9/h7-10,13,15H,5H2,1-4H3/t7-,8-,9+,10-/m1/s1. The minimum absolute atomic E-state index is 0.589. The highest BCUT2D eigenvalue weighted by Crippen LogP contribution is 2.33. The Morgan fingerprint density at radius 1 is 1.30 bits per heavy atom. The molecule has 1 heterocycles. The number of hydrogen-bond donors (Lipinski definition) is 2. The molecule has 2 N–H and O–H groups in total.